The number of hydrogen-bond donors (Lipinski definition) is 3. The van der Waals surface area contributed by atoms with E-state index in [1.54, 1.807) is 13.0 Å². The van der Waals surface area contributed by atoms with E-state index < -0.39 is 5.97 Å². The van der Waals surface area contributed by atoms with Crippen molar-refractivity contribution in [2.45, 2.75) is 46.0 Å². The lowest BCUT2D eigenvalue weighted by atomic mass is 9.83. The Hall–Kier alpha value is -2.23. The van der Waals surface area contributed by atoms with Crippen LogP contribution in [0.2, 0.25) is 0 Å². The van der Waals surface area contributed by atoms with E-state index in [1.165, 1.54) is 11.6 Å². The zero-order chi connectivity index (χ0) is 16.9. The number of carbonyl (C=O) groups is 1. The molecule has 0 aliphatic heterocycles. The minimum absolute atomic E-state index is 0.0315. The van der Waals surface area contributed by atoms with Crippen LogP contribution >= 0.6 is 0 Å². The molecule has 1 atom stereocenters. The predicted octanol–water partition coefficient (Wildman–Crippen LogP) is 4.51. The maximum absolute atomic E-state index is 11.2. The molecule has 2 rings (SSSR count). The van der Waals surface area contributed by atoms with Gasteiger partial charge in [0.15, 0.2) is 0 Å². The predicted molar refractivity (Wildman–Crippen MR) is 87.7 cm³/mol. The summed E-state index contributed by atoms with van der Waals surface area (Å²) in [6.45, 7) is 8.82. The molecule has 0 heterocycles. The fraction of sp³-hybridized carbons (Fsp3) is 0.389. The van der Waals surface area contributed by atoms with Crippen molar-refractivity contribution in [2.24, 2.45) is 0 Å². The van der Waals surface area contributed by atoms with Crippen LogP contribution in [0.3, 0.4) is 0 Å². The molecule has 22 heavy (non-hydrogen) atoms. The van der Waals surface area contributed by atoms with E-state index in [1.807, 2.05) is 19.9 Å². The Morgan fingerprint density at radius 2 is 1.95 bits per heavy atom. The minimum Gasteiger partial charge on any atom is -0.507 e. The average Bonchev–Trinajstić information content (AvgIpc) is 2.38. The largest absolute Gasteiger partial charge is 0.507 e. The van der Waals surface area contributed by atoms with Crippen molar-refractivity contribution in [3.05, 3.63) is 47.1 Å². The number of rotatable bonds is 2. The third-order valence-corrected chi connectivity index (χ3v) is 3.67. The topological polar surface area (TPSA) is 77.8 Å². The van der Waals surface area contributed by atoms with Crippen molar-refractivity contribution >= 4 is 5.97 Å². The Balaban J connectivity index is 0.000000745. The van der Waals surface area contributed by atoms with E-state index in [9.17, 15) is 15.0 Å². The molecule has 0 fully saturated rings. The molecule has 0 saturated heterocycles. The van der Waals surface area contributed by atoms with Gasteiger partial charge in [-0.15, -0.1) is 6.58 Å². The van der Waals surface area contributed by atoms with Crippen molar-refractivity contribution < 1.29 is 20.1 Å². The number of phenols is 2. The molecule has 1 aromatic carbocycles. The molecule has 120 valence electrons. The summed E-state index contributed by atoms with van der Waals surface area (Å²) in [7, 11) is 0. The number of allylic oxidation sites excluding steroid dienone is 3. The first-order chi connectivity index (χ1) is 10.3. The first-order valence-electron chi connectivity index (χ1n) is 7.36. The van der Waals surface area contributed by atoms with Crippen molar-refractivity contribution in [3.63, 3.8) is 0 Å². The molecule has 4 heteroatoms. The Bertz CT molecular complexity index is 600. The molecule has 0 aromatic heterocycles. The smallest absolute Gasteiger partial charge is 0.339 e. The van der Waals surface area contributed by atoms with Crippen LogP contribution in [0.1, 0.15) is 60.5 Å². The van der Waals surface area contributed by atoms with Crippen LogP contribution < -0.4 is 0 Å². The van der Waals surface area contributed by atoms with Gasteiger partial charge in [-0.3, -0.25) is 0 Å². The summed E-state index contributed by atoms with van der Waals surface area (Å²) >= 11 is 0. The van der Waals surface area contributed by atoms with Crippen LogP contribution in [-0.2, 0) is 0 Å². The summed E-state index contributed by atoms with van der Waals surface area (Å²) in [6, 6.07) is 1.41. The van der Waals surface area contributed by atoms with Crippen LogP contribution in [0.15, 0.2) is 30.4 Å². The fourth-order valence-electron chi connectivity index (χ4n) is 2.77. The number of carboxylic acids is 1. The number of carboxylic acid groups (broad SMARTS) is 1. The second-order valence-corrected chi connectivity index (χ2v) is 5.58. The van der Waals surface area contributed by atoms with E-state index in [4.69, 9.17) is 5.11 Å². The molecule has 1 aliphatic carbocycles. The summed E-state index contributed by atoms with van der Waals surface area (Å²) in [6.07, 6.45) is 6.54. The zero-order valence-corrected chi connectivity index (χ0v) is 13.4. The number of benzene rings is 1. The highest BCUT2D eigenvalue weighted by atomic mass is 16.4. The van der Waals surface area contributed by atoms with Crippen molar-refractivity contribution in [3.8, 4) is 11.5 Å². The van der Waals surface area contributed by atoms with Crippen LogP contribution in [-0.4, -0.2) is 21.3 Å². The molecule has 4 nitrogen and oxygen atoms in total. The van der Waals surface area contributed by atoms with E-state index in [-0.39, 0.29) is 23.0 Å². The molecule has 0 radical (unpaired) electrons. The van der Waals surface area contributed by atoms with Crippen molar-refractivity contribution in [1.82, 2.24) is 0 Å². The van der Waals surface area contributed by atoms with Gasteiger partial charge in [0.25, 0.3) is 0 Å². The van der Waals surface area contributed by atoms with E-state index in [0.717, 1.165) is 19.3 Å². The van der Waals surface area contributed by atoms with Gasteiger partial charge < -0.3 is 15.3 Å². The van der Waals surface area contributed by atoms with Gasteiger partial charge in [-0.2, -0.15) is 0 Å². The van der Waals surface area contributed by atoms with Crippen LogP contribution in [0.5, 0.6) is 11.5 Å². The SMILES string of the molecule is C=CC.CC1=CC(c2c(O)cc(C)c(C(=O)O)c2O)CCC1. The second kappa shape index (κ2) is 7.69. The normalized spacial score (nSPS) is 17.0. The maximum Gasteiger partial charge on any atom is 0.339 e. The standard InChI is InChI=1S/C15H18O4.C3H6/c1-8-4-3-5-10(6-8)13-11(16)7-9(2)12(14(13)17)15(18)19;1-3-2/h6-7,10,16-17H,3-5H2,1-2H3,(H,18,19);3H,1H2,2H3. The van der Waals surface area contributed by atoms with Gasteiger partial charge in [0.2, 0.25) is 0 Å². The molecule has 0 amide bonds. The number of aromatic hydroxyl groups is 2. The molecular formula is C18H24O4. The molecule has 1 aliphatic rings. The first-order valence-corrected chi connectivity index (χ1v) is 7.36. The summed E-state index contributed by atoms with van der Waals surface area (Å²) in [5, 5.41) is 29.4. The van der Waals surface area contributed by atoms with Gasteiger partial charge in [0.05, 0.1) is 0 Å². The van der Waals surface area contributed by atoms with Crippen LogP contribution in [0, 0.1) is 6.92 Å². The molecule has 0 spiro atoms. The number of aryl methyl sites for hydroxylation is 1. The first kappa shape index (κ1) is 17.8. The van der Waals surface area contributed by atoms with E-state index in [0.29, 0.717) is 11.1 Å². The highest BCUT2D eigenvalue weighted by molar-refractivity contribution is 5.93. The third-order valence-electron chi connectivity index (χ3n) is 3.67. The van der Waals surface area contributed by atoms with Gasteiger partial charge >= 0.3 is 5.97 Å². The molecule has 1 aromatic rings. The molecular weight excluding hydrogens is 280 g/mol. The Labute approximate surface area is 131 Å². The highest BCUT2D eigenvalue weighted by Crippen LogP contribution is 2.43. The molecule has 1 unspecified atom stereocenters. The van der Waals surface area contributed by atoms with Gasteiger partial charge in [-0.05, 0) is 51.7 Å². The Morgan fingerprint density at radius 3 is 2.45 bits per heavy atom. The van der Waals surface area contributed by atoms with Crippen LogP contribution in [0.25, 0.3) is 0 Å². The lowest BCUT2D eigenvalue weighted by Crippen LogP contribution is -2.07. The quantitative estimate of drug-likeness (QED) is 0.702. The van der Waals surface area contributed by atoms with Crippen molar-refractivity contribution in [1.29, 1.82) is 0 Å². The van der Waals surface area contributed by atoms with Gasteiger partial charge in [-0.25, -0.2) is 4.79 Å². The zero-order valence-electron chi connectivity index (χ0n) is 13.4. The van der Waals surface area contributed by atoms with Gasteiger partial charge in [0, 0.05) is 11.5 Å². The summed E-state index contributed by atoms with van der Waals surface area (Å²) in [5.41, 5.74) is 1.78. The Morgan fingerprint density at radius 1 is 1.36 bits per heavy atom. The average molecular weight is 304 g/mol. The van der Waals surface area contributed by atoms with Gasteiger partial charge in [0.1, 0.15) is 17.1 Å². The molecule has 3 N–H and O–H groups in total. The fourth-order valence-corrected chi connectivity index (χ4v) is 2.77. The summed E-state index contributed by atoms with van der Waals surface area (Å²) < 4.78 is 0. The lowest BCUT2D eigenvalue weighted by molar-refractivity contribution is 0.0692. The molecule has 0 saturated carbocycles. The maximum atomic E-state index is 11.2. The number of hydrogen-bond acceptors (Lipinski definition) is 3. The third kappa shape index (κ3) is 3.91. The second-order valence-electron chi connectivity index (χ2n) is 5.58. The van der Waals surface area contributed by atoms with Crippen LogP contribution in [0.4, 0.5) is 0 Å². The van der Waals surface area contributed by atoms with E-state index in [2.05, 4.69) is 6.58 Å². The summed E-state index contributed by atoms with van der Waals surface area (Å²) in [4.78, 5) is 11.2. The number of aromatic carboxylic acids is 1. The minimum atomic E-state index is -1.17. The lowest BCUT2D eigenvalue weighted by Gasteiger charge is -2.22. The Kier molecular flexibility index (Phi) is 6.23. The van der Waals surface area contributed by atoms with E-state index >= 15 is 0 Å². The highest BCUT2D eigenvalue weighted by Gasteiger charge is 2.26. The van der Waals surface area contributed by atoms with Crippen molar-refractivity contribution in [2.75, 3.05) is 0 Å². The number of phenolic OH excluding ortho intramolecular Hbond substituents is 1. The monoisotopic (exact) mass is 304 g/mol. The molecule has 0 bridgehead atoms. The van der Waals surface area contributed by atoms with Gasteiger partial charge in [-0.1, -0.05) is 17.7 Å². The summed E-state index contributed by atoms with van der Waals surface area (Å²) in [5.74, 6) is -1.63.